The molecule has 2 amide bonds. The van der Waals surface area contributed by atoms with Gasteiger partial charge < -0.3 is 10.6 Å². The Morgan fingerprint density at radius 1 is 1.39 bits per heavy atom. The van der Waals surface area contributed by atoms with Crippen molar-refractivity contribution in [1.29, 1.82) is 0 Å². The van der Waals surface area contributed by atoms with Gasteiger partial charge in [-0.15, -0.1) is 10.2 Å². The van der Waals surface area contributed by atoms with Crippen molar-refractivity contribution in [3.8, 4) is 11.4 Å². The van der Waals surface area contributed by atoms with Crippen LogP contribution in [-0.2, 0) is 9.53 Å². The molecule has 0 spiro atoms. The number of nitrogens with two attached hydrogens (primary N) is 1. The summed E-state index contributed by atoms with van der Waals surface area (Å²) in [4.78, 5) is 22.8. The maximum absolute atomic E-state index is 13.8. The molecule has 1 atom stereocenters. The van der Waals surface area contributed by atoms with Gasteiger partial charge in [0.2, 0.25) is 11.1 Å². The van der Waals surface area contributed by atoms with Crippen LogP contribution in [0.1, 0.15) is 6.92 Å². The Hall–Kier alpha value is -2.62. The van der Waals surface area contributed by atoms with E-state index in [0.29, 0.717) is 0 Å². The summed E-state index contributed by atoms with van der Waals surface area (Å²) in [5, 5.41) is 9.24. The van der Waals surface area contributed by atoms with Crippen molar-refractivity contribution >= 4 is 23.8 Å². The predicted octanol–water partition coefficient (Wildman–Crippen LogP) is 1.16. The third-order valence-electron chi connectivity index (χ3n) is 2.84. The average molecular weight is 339 g/mol. The van der Waals surface area contributed by atoms with Crippen LogP contribution in [0.25, 0.3) is 11.4 Å². The second-order valence-corrected chi connectivity index (χ2v) is 5.70. The van der Waals surface area contributed by atoms with Gasteiger partial charge in [-0.05, 0) is 19.1 Å². The van der Waals surface area contributed by atoms with E-state index in [-0.39, 0.29) is 16.5 Å². The minimum absolute atomic E-state index is 0.131. The molecule has 2 aromatic rings. The molecular weight excluding hydrogens is 325 g/mol. The number of rotatable bonds is 4. The molecule has 0 saturated carbocycles. The second kappa shape index (κ2) is 7.09. The molecular formula is C13H14FN5O3S. The maximum Gasteiger partial charge on any atom is 0.413 e. The molecule has 23 heavy (non-hydrogen) atoms. The van der Waals surface area contributed by atoms with E-state index in [4.69, 9.17) is 5.84 Å². The lowest BCUT2D eigenvalue weighted by Crippen LogP contribution is -2.36. The number of halogens is 1. The molecule has 3 N–H and O–H groups in total. The quantitative estimate of drug-likeness (QED) is 0.635. The largest absolute Gasteiger partial charge is 0.453 e. The Kier molecular flexibility index (Phi) is 5.16. The van der Waals surface area contributed by atoms with Crippen molar-refractivity contribution in [3.05, 3.63) is 30.1 Å². The zero-order valence-electron chi connectivity index (χ0n) is 12.3. The number of hydrogen-bond acceptors (Lipinski definition) is 7. The van der Waals surface area contributed by atoms with Gasteiger partial charge in [-0.25, -0.2) is 13.9 Å². The smallest absolute Gasteiger partial charge is 0.413 e. The third-order valence-corrected chi connectivity index (χ3v) is 3.90. The van der Waals surface area contributed by atoms with Crippen LogP contribution in [-0.4, -0.2) is 39.2 Å². The minimum Gasteiger partial charge on any atom is -0.453 e. The molecule has 0 saturated heterocycles. The maximum atomic E-state index is 13.8. The van der Waals surface area contributed by atoms with E-state index in [1.807, 2.05) is 5.32 Å². The Bertz CT molecular complexity index is 736. The molecule has 0 aliphatic rings. The number of imide groups is 1. The summed E-state index contributed by atoms with van der Waals surface area (Å²) in [7, 11) is 1.15. The Balaban J connectivity index is 2.15. The van der Waals surface area contributed by atoms with E-state index in [1.165, 1.54) is 12.1 Å². The Morgan fingerprint density at radius 2 is 2.09 bits per heavy atom. The third kappa shape index (κ3) is 3.77. The fourth-order valence-corrected chi connectivity index (χ4v) is 2.42. The van der Waals surface area contributed by atoms with Crippen molar-refractivity contribution in [3.63, 3.8) is 0 Å². The molecule has 0 aliphatic heterocycles. The van der Waals surface area contributed by atoms with Gasteiger partial charge in [0.1, 0.15) is 5.82 Å². The molecule has 1 heterocycles. The van der Waals surface area contributed by atoms with E-state index < -0.39 is 23.1 Å². The second-order valence-electron chi connectivity index (χ2n) is 4.40. The number of carbonyl (C=O) groups excluding carboxylic acids is 2. The molecule has 0 aliphatic carbocycles. The van der Waals surface area contributed by atoms with Crippen LogP contribution in [0.2, 0.25) is 0 Å². The fourth-order valence-electron chi connectivity index (χ4n) is 1.65. The number of ether oxygens (including phenoxy) is 1. The molecule has 0 radical (unpaired) electrons. The minimum atomic E-state index is -0.858. The lowest BCUT2D eigenvalue weighted by atomic mass is 10.2. The van der Waals surface area contributed by atoms with Gasteiger partial charge in [-0.1, -0.05) is 23.9 Å². The highest BCUT2D eigenvalue weighted by Gasteiger charge is 2.22. The average Bonchev–Trinajstić information content (AvgIpc) is 2.88. The molecule has 122 valence electrons. The number of thioether (sulfide) groups is 1. The number of benzene rings is 1. The van der Waals surface area contributed by atoms with Crippen molar-refractivity contribution in [1.82, 2.24) is 20.2 Å². The van der Waals surface area contributed by atoms with E-state index in [2.05, 4.69) is 14.9 Å². The number of nitrogens with one attached hydrogen (secondary N) is 1. The van der Waals surface area contributed by atoms with Gasteiger partial charge in [0, 0.05) is 0 Å². The van der Waals surface area contributed by atoms with Gasteiger partial charge in [0.25, 0.3) is 0 Å². The monoisotopic (exact) mass is 339 g/mol. The summed E-state index contributed by atoms with van der Waals surface area (Å²) in [6.45, 7) is 1.56. The van der Waals surface area contributed by atoms with Crippen molar-refractivity contribution in [2.45, 2.75) is 17.3 Å². The van der Waals surface area contributed by atoms with Gasteiger partial charge in [0.15, 0.2) is 5.82 Å². The summed E-state index contributed by atoms with van der Waals surface area (Å²) in [5.74, 6) is 4.93. The van der Waals surface area contributed by atoms with Crippen LogP contribution in [0, 0.1) is 5.82 Å². The number of methoxy groups -OCH3 is 1. The normalized spacial score (nSPS) is 11.8. The van der Waals surface area contributed by atoms with Crippen LogP contribution in [0.3, 0.4) is 0 Å². The Labute approximate surface area is 135 Å². The highest BCUT2D eigenvalue weighted by atomic mass is 32.2. The van der Waals surface area contributed by atoms with Crippen LogP contribution in [0.4, 0.5) is 9.18 Å². The molecule has 0 unspecified atom stereocenters. The number of aromatic nitrogens is 3. The number of amides is 2. The van der Waals surface area contributed by atoms with E-state index >= 15 is 0 Å². The Morgan fingerprint density at radius 3 is 2.74 bits per heavy atom. The zero-order chi connectivity index (χ0) is 17.0. The van der Waals surface area contributed by atoms with Gasteiger partial charge in [-0.2, -0.15) is 0 Å². The lowest BCUT2D eigenvalue weighted by molar-refractivity contribution is -0.119. The van der Waals surface area contributed by atoms with Crippen LogP contribution in [0.15, 0.2) is 29.4 Å². The molecule has 0 bridgehead atoms. The summed E-state index contributed by atoms with van der Waals surface area (Å²) in [5.41, 5.74) is 0.195. The van der Waals surface area contributed by atoms with E-state index in [9.17, 15) is 14.0 Å². The first-order chi connectivity index (χ1) is 10.9. The number of alkyl carbamates (subject to hydrolysis) is 1. The molecule has 1 aromatic heterocycles. The molecule has 2 rings (SSSR count). The lowest BCUT2D eigenvalue weighted by Gasteiger charge is -2.10. The summed E-state index contributed by atoms with van der Waals surface area (Å²) < 4.78 is 19.2. The van der Waals surface area contributed by atoms with Crippen LogP contribution >= 0.6 is 11.8 Å². The van der Waals surface area contributed by atoms with Gasteiger partial charge in [0.05, 0.1) is 17.9 Å². The highest BCUT2D eigenvalue weighted by molar-refractivity contribution is 8.00. The fraction of sp³-hybridized carbons (Fsp3) is 0.231. The van der Waals surface area contributed by atoms with Crippen LogP contribution < -0.4 is 11.2 Å². The SMILES string of the molecule is COC(=O)NC(=O)[C@@H](C)Sc1nnc(-c2ccccc2F)n1N. The van der Waals surface area contributed by atoms with Crippen molar-refractivity contribution in [2.75, 3.05) is 13.0 Å². The van der Waals surface area contributed by atoms with Crippen molar-refractivity contribution < 1.29 is 18.7 Å². The van der Waals surface area contributed by atoms with E-state index in [0.717, 1.165) is 23.5 Å². The number of nitrogens with zero attached hydrogens (tertiary/aromatic N) is 3. The van der Waals surface area contributed by atoms with Crippen molar-refractivity contribution in [2.24, 2.45) is 0 Å². The van der Waals surface area contributed by atoms with E-state index in [1.54, 1.807) is 19.1 Å². The molecule has 1 aromatic carbocycles. The molecule has 8 nitrogen and oxygen atoms in total. The standard InChI is InChI=1S/C13H14FN5O3S/c1-7(11(20)16-13(21)22-2)23-12-18-17-10(19(12)15)8-5-3-4-6-9(8)14/h3-7H,15H2,1-2H3,(H,16,20,21)/t7-/m1/s1. The summed E-state index contributed by atoms with van der Waals surface area (Å²) in [6, 6.07) is 5.99. The first-order valence-corrected chi connectivity index (χ1v) is 7.33. The molecule has 10 heteroatoms. The highest BCUT2D eigenvalue weighted by Crippen LogP contribution is 2.26. The number of nitrogen functional groups attached to an aromatic ring is 1. The first kappa shape index (κ1) is 16.7. The van der Waals surface area contributed by atoms with Gasteiger partial charge in [-0.3, -0.25) is 10.1 Å². The first-order valence-electron chi connectivity index (χ1n) is 6.45. The summed E-state index contributed by atoms with van der Waals surface area (Å²) in [6.07, 6.45) is -0.858. The molecule has 0 fully saturated rings. The summed E-state index contributed by atoms with van der Waals surface area (Å²) >= 11 is 0.974. The topological polar surface area (TPSA) is 112 Å². The van der Waals surface area contributed by atoms with Gasteiger partial charge >= 0.3 is 6.09 Å². The predicted molar refractivity (Wildman–Crippen MR) is 81.4 cm³/mol. The van der Waals surface area contributed by atoms with Crippen LogP contribution in [0.5, 0.6) is 0 Å². The zero-order valence-corrected chi connectivity index (χ0v) is 13.1. The number of carbonyl (C=O) groups is 2. The number of hydrogen-bond donors (Lipinski definition) is 2.